The van der Waals surface area contributed by atoms with Gasteiger partial charge < -0.3 is 25.2 Å². The summed E-state index contributed by atoms with van der Waals surface area (Å²) in [7, 11) is 0. The predicted octanol–water partition coefficient (Wildman–Crippen LogP) is 14.4. The van der Waals surface area contributed by atoms with Crippen LogP contribution in [0.25, 0.3) is 0 Å². The maximum absolute atomic E-state index is 11.6. The van der Waals surface area contributed by atoms with Gasteiger partial charge in [-0.3, -0.25) is 0 Å². The lowest BCUT2D eigenvalue weighted by Gasteiger charge is -2.48. The third kappa shape index (κ3) is 29.2. The summed E-state index contributed by atoms with van der Waals surface area (Å²) in [5, 5.41) is 44.1. The monoisotopic (exact) mass is 779 g/mol. The summed E-state index contributed by atoms with van der Waals surface area (Å²) < 4.78 is 7.20. The van der Waals surface area contributed by atoms with Crippen LogP contribution in [0.2, 0.25) is 0 Å². The summed E-state index contributed by atoms with van der Waals surface area (Å²) >= 11 is 0. The summed E-state index contributed by atoms with van der Waals surface area (Å²) in [6, 6.07) is 0. The molecule has 0 aromatic rings. The first-order valence-electron chi connectivity index (χ1n) is 24.5. The quantitative estimate of drug-likeness (QED) is 0.0365. The maximum Gasteiger partial charge on any atom is 0.106 e. The van der Waals surface area contributed by atoms with Crippen molar-refractivity contribution in [3.05, 3.63) is 24.3 Å². The lowest BCUT2D eigenvalue weighted by Crippen LogP contribution is -2.58. The largest absolute Gasteiger partial charge is 0.394 e. The Kier molecular flexibility index (Phi) is 39.6. The molecule has 4 atom stereocenters. The molecule has 5 heteroatoms. The molecule has 55 heavy (non-hydrogen) atoms. The molecule has 5 nitrogen and oxygen atoms in total. The fourth-order valence-corrected chi connectivity index (χ4v) is 8.24. The van der Waals surface area contributed by atoms with Crippen LogP contribution >= 0.6 is 0 Å². The molecule has 0 fully saturated rings. The van der Waals surface area contributed by atoms with E-state index in [0.717, 1.165) is 64.2 Å². The van der Waals surface area contributed by atoms with E-state index >= 15 is 0 Å². The lowest BCUT2D eigenvalue weighted by atomic mass is 9.81. The van der Waals surface area contributed by atoms with Gasteiger partial charge in [-0.05, 0) is 38.5 Å². The van der Waals surface area contributed by atoms with Crippen LogP contribution in [0.15, 0.2) is 24.3 Å². The first-order valence-corrected chi connectivity index (χ1v) is 24.5. The average molecular weight is 779 g/mol. The van der Waals surface area contributed by atoms with Gasteiger partial charge in [0.1, 0.15) is 23.4 Å². The van der Waals surface area contributed by atoms with Crippen molar-refractivity contribution < 1.29 is 25.2 Å². The Morgan fingerprint density at radius 3 is 0.855 bits per heavy atom. The number of hydrogen-bond donors (Lipinski definition) is 4. The van der Waals surface area contributed by atoms with Crippen LogP contribution in [-0.2, 0) is 4.74 Å². The summed E-state index contributed by atoms with van der Waals surface area (Å²) in [5.41, 5.74) is -2.08. The highest BCUT2D eigenvalue weighted by Gasteiger charge is 2.48. The minimum absolute atomic E-state index is 0.393. The van der Waals surface area contributed by atoms with Crippen LogP contribution in [0.3, 0.4) is 0 Å². The molecular weight excluding hydrogens is 681 g/mol. The number of hydrogen-bond acceptors (Lipinski definition) is 5. The second-order valence-corrected chi connectivity index (χ2v) is 17.2. The van der Waals surface area contributed by atoms with Crippen molar-refractivity contribution in [3.63, 3.8) is 0 Å². The zero-order chi connectivity index (χ0) is 40.6. The zero-order valence-corrected chi connectivity index (χ0v) is 37.5. The minimum Gasteiger partial charge on any atom is -0.394 e. The number of rotatable bonds is 44. The SMILES string of the molecule is CCCC=CCC(CCCCCCCCCCCCCCCC)(OC(CC=CCCC)(CCCCCCCCCCCCCCCC)C(O)CO)C(O)CO. The van der Waals surface area contributed by atoms with Crippen molar-refractivity contribution in [2.24, 2.45) is 0 Å². The molecule has 0 amide bonds. The Bertz CT molecular complexity index is 763. The molecule has 0 saturated carbocycles. The molecule has 0 aliphatic rings. The molecule has 0 radical (unpaired) electrons. The summed E-state index contributed by atoms with van der Waals surface area (Å²) in [5.74, 6) is 0. The number of allylic oxidation sites excluding steroid dienone is 2. The molecule has 0 aliphatic carbocycles. The van der Waals surface area contributed by atoms with Gasteiger partial charge in [-0.25, -0.2) is 0 Å². The molecule has 0 aromatic carbocycles. The Labute approximate surface area is 344 Å². The molecule has 0 spiro atoms. The summed E-state index contributed by atoms with van der Waals surface area (Å²) in [6.07, 6.45) is 48.4. The molecule has 0 aliphatic heterocycles. The fourth-order valence-electron chi connectivity index (χ4n) is 8.24. The van der Waals surface area contributed by atoms with Crippen LogP contribution < -0.4 is 0 Å². The molecule has 0 bridgehead atoms. The average Bonchev–Trinajstić information content (AvgIpc) is 3.20. The highest BCUT2D eigenvalue weighted by Crippen LogP contribution is 2.40. The first-order chi connectivity index (χ1) is 26.9. The molecule has 328 valence electrons. The van der Waals surface area contributed by atoms with Gasteiger partial charge in [0.2, 0.25) is 0 Å². The molecule has 0 saturated heterocycles. The van der Waals surface area contributed by atoms with Gasteiger partial charge in [-0.15, -0.1) is 0 Å². The van der Waals surface area contributed by atoms with E-state index < -0.39 is 36.6 Å². The highest BCUT2D eigenvalue weighted by atomic mass is 16.6. The van der Waals surface area contributed by atoms with Gasteiger partial charge in [0.25, 0.3) is 0 Å². The van der Waals surface area contributed by atoms with E-state index in [1.54, 1.807) is 0 Å². The Morgan fingerprint density at radius 1 is 0.364 bits per heavy atom. The van der Waals surface area contributed by atoms with E-state index in [1.807, 2.05) is 0 Å². The molecule has 0 aromatic heterocycles. The normalized spacial score (nSPS) is 15.6. The third-order valence-electron chi connectivity index (χ3n) is 12.0. The van der Waals surface area contributed by atoms with Crippen molar-refractivity contribution in [1.29, 1.82) is 0 Å². The number of aliphatic hydroxyl groups excluding tert-OH is 4. The van der Waals surface area contributed by atoms with Crippen LogP contribution in [0.1, 0.15) is 259 Å². The van der Waals surface area contributed by atoms with Crippen LogP contribution in [0.4, 0.5) is 0 Å². The van der Waals surface area contributed by atoms with Gasteiger partial charge in [0.15, 0.2) is 0 Å². The van der Waals surface area contributed by atoms with Crippen LogP contribution in [0, 0.1) is 0 Å². The molecule has 0 rings (SSSR count). The van der Waals surface area contributed by atoms with Crippen molar-refractivity contribution in [1.82, 2.24) is 0 Å². The van der Waals surface area contributed by atoms with Gasteiger partial charge in [0, 0.05) is 0 Å². The van der Waals surface area contributed by atoms with E-state index in [4.69, 9.17) is 4.74 Å². The Balaban J connectivity index is 5.46. The van der Waals surface area contributed by atoms with Crippen molar-refractivity contribution in [3.8, 4) is 0 Å². The van der Waals surface area contributed by atoms with Crippen molar-refractivity contribution in [2.45, 2.75) is 282 Å². The summed E-state index contributed by atoms with van der Waals surface area (Å²) in [4.78, 5) is 0. The third-order valence-corrected chi connectivity index (χ3v) is 12.0. The zero-order valence-electron chi connectivity index (χ0n) is 37.5. The second kappa shape index (κ2) is 40.1. The maximum atomic E-state index is 11.6. The Hall–Kier alpha value is -0.720. The number of aliphatic hydroxyl groups is 4. The van der Waals surface area contributed by atoms with Gasteiger partial charge in [-0.1, -0.05) is 245 Å². The number of ether oxygens (including phenoxy) is 1. The fraction of sp³-hybridized carbons (Fsp3) is 0.920. The predicted molar refractivity (Wildman–Crippen MR) is 240 cm³/mol. The van der Waals surface area contributed by atoms with Crippen molar-refractivity contribution in [2.75, 3.05) is 13.2 Å². The topological polar surface area (TPSA) is 90.2 Å². The highest BCUT2D eigenvalue weighted by molar-refractivity contribution is 5.04. The smallest absolute Gasteiger partial charge is 0.106 e. The first kappa shape index (κ1) is 54.3. The van der Waals surface area contributed by atoms with Crippen LogP contribution in [-0.4, -0.2) is 57.0 Å². The standard InChI is InChI=1S/C50H98O5/c1-5-9-13-17-19-21-23-25-27-29-31-33-35-39-43-49(47(53)45-51,41-37-15-11-7-3)55-50(48(54)46-52,42-38-16-12-8-4)44-40-36-34-32-30-28-26-24-22-20-18-14-10-6-2/h15-16,37-38,47-48,51-54H,5-14,17-36,39-46H2,1-4H3. The Morgan fingerprint density at radius 2 is 0.618 bits per heavy atom. The van der Waals surface area contributed by atoms with Gasteiger partial charge in [-0.2, -0.15) is 0 Å². The van der Waals surface area contributed by atoms with Gasteiger partial charge in [0.05, 0.1) is 13.2 Å². The molecular formula is C50H98O5. The van der Waals surface area contributed by atoms with E-state index in [0.29, 0.717) is 25.7 Å². The van der Waals surface area contributed by atoms with E-state index in [9.17, 15) is 20.4 Å². The van der Waals surface area contributed by atoms with Crippen LogP contribution in [0.5, 0.6) is 0 Å². The van der Waals surface area contributed by atoms with Crippen molar-refractivity contribution >= 4 is 0 Å². The van der Waals surface area contributed by atoms with E-state index in [2.05, 4.69) is 52.0 Å². The molecule has 0 heterocycles. The summed E-state index contributed by atoms with van der Waals surface area (Å²) in [6.45, 7) is 8.09. The van der Waals surface area contributed by atoms with Gasteiger partial charge >= 0.3 is 0 Å². The minimum atomic E-state index is -1.08. The molecule has 4 N–H and O–H groups in total. The lowest BCUT2D eigenvalue weighted by molar-refractivity contribution is -0.246. The van der Waals surface area contributed by atoms with E-state index in [-0.39, 0.29) is 0 Å². The number of unbranched alkanes of at least 4 members (excludes halogenated alkanes) is 28. The van der Waals surface area contributed by atoms with E-state index in [1.165, 1.54) is 141 Å². The second-order valence-electron chi connectivity index (χ2n) is 17.2. The molecule has 4 unspecified atom stereocenters.